The van der Waals surface area contributed by atoms with E-state index in [-0.39, 0.29) is 12.7 Å². The van der Waals surface area contributed by atoms with Crippen molar-refractivity contribution in [3.05, 3.63) is 23.8 Å². The van der Waals surface area contributed by atoms with Gasteiger partial charge in [-0.25, -0.2) is 0 Å². The highest BCUT2D eigenvalue weighted by atomic mass is 16.7. The third-order valence-electron chi connectivity index (χ3n) is 5.43. The lowest BCUT2D eigenvalue weighted by Gasteiger charge is -2.37. The van der Waals surface area contributed by atoms with Gasteiger partial charge < -0.3 is 14.8 Å². The zero-order valence-corrected chi connectivity index (χ0v) is 14.7. The monoisotopic (exact) mass is 345 g/mol. The number of nitrogens with zero attached hydrogens (tertiary/aromatic N) is 2. The van der Waals surface area contributed by atoms with E-state index < -0.39 is 0 Å². The van der Waals surface area contributed by atoms with E-state index in [1.807, 2.05) is 18.2 Å². The van der Waals surface area contributed by atoms with E-state index in [9.17, 15) is 4.79 Å². The van der Waals surface area contributed by atoms with E-state index in [1.165, 1.54) is 38.8 Å². The van der Waals surface area contributed by atoms with Crippen LogP contribution in [0, 0.1) is 0 Å². The molecule has 1 N–H and O–H groups in total. The number of likely N-dealkylation sites (tertiary alicyclic amines) is 2. The Labute approximate surface area is 149 Å². The minimum absolute atomic E-state index is 0.0970. The predicted molar refractivity (Wildman–Crippen MR) is 94.7 cm³/mol. The maximum Gasteiger partial charge on any atom is 0.234 e. The van der Waals surface area contributed by atoms with Gasteiger partial charge in [0.25, 0.3) is 0 Å². The minimum atomic E-state index is 0.0970. The summed E-state index contributed by atoms with van der Waals surface area (Å²) in [5, 5.41) is 3.03. The first-order chi connectivity index (χ1) is 12.3. The molecule has 0 spiro atoms. The third-order valence-corrected chi connectivity index (χ3v) is 5.43. The van der Waals surface area contributed by atoms with E-state index in [4.69, 9.17) is 9.47 Å². The van der Waals surface area contributed by atoms with Crippen LogP contribution in [0.25, 0.3) is 0 Å². The molecule has 3 aliphatic rings. The molecule has 4 rings (SSSR count). The lowest BCUT2D eigenvalue weighted by atomic mass is 10.0. The second-order valence-corrected chi connectivity index (χ2v) is 7.24. The molecule has 1 aromatic rings. The quantitative estimate of drug-likeness (QED) is 0.878. The van der Waals surface area contributed by atoms with E-state index in [0.29, 0.717) is 19.1 Å². The molecule has 6 nitrogen and oxygen atoms in total. The van der Waals surface area contributed by atoms with Crippen LogP contribution >= 0.6 is 0 Å². The molecule has 3 aliphatic heterocycles. The van der Waals surface area contributed by atoms with Crippen LogP contribution in [0.5, 0.6) is 11.5 Å². The Morgan fingerprint density at radius 3 is 2.84 bits per heavy atom. The molecule has 2 fully saturated rings. The Morgan fingerprint density at radius 2 is 1.96 bits per heavy atom. The van der Waals surface area contributed by atoms with Crippen molar-refractivity contribution in [2.24, 2.45) is 0 Å². The van der Waals surface area contributed by atoms with Crippen LogP contribution in [-0.4, -0.2) is 61.3 Å². The molecule has 3 heterocycles. The Bertz CT molecular complexity index is 616. The van der Waals surface area contributed by atoms with Crippen LogP contribution in [0.1, 0.15) is 31.2 Å². The van der Waals surface area contributed by atoms with E-state index in [2.05, 4.69) is 15.1 Å². The highest BCUT2D eigenvalue weighted by Crippen LogP contribution is 2.32. The van der Waals surface area contributed by atoms with Crippen molar-refractivity contribution in [3.63, 3.8) is 0 Å². The average molecular weight is 345 g/mol. The normalized spacial score (nSPS) is 23.8. The number of nitrogens with one attached hydrogen (secondary N) is 1. The number of benzene rings is 1. The first-order valence-corrected chi connectivity index (χ1v) is 9.39. The predicted octanol–water partition coefficient (Wildman–Crippen LogP) is 1.59. The Hall–Kier alpha value is -1.79. The fourth-order valence-corrected chi connectivity index (χ4v) is 4.09. The number of hydrogen-bond acceptors (Lipinski definition) is 5. The summed E-state index contributed by atoms with van der Waals surface area (Å²) in [5.41, 5.74) is 1.03. The average Bonchev–Trinajstić information content (AvgIpc) is 3.31. The molecule has 1 amide bonds. The molecule has 136 valence electrons. The van der Waals surface area contributed by atoms with E-state index >= 15 is 0 Å². The minimum Gasteiger partial charge on any atom is -0.454 e. The summed E-state index contributed by atoms with van der Waals surface area (Å²) < 4.78 is 10.7. The van der Waals surface area contributed by atoms with Gasteiger partial charge in [0.15, 0.2) is 11.5 Å². The maximum absolute atomic E-state index is 12.3. The molecule has 1 atom stereocenters. The molecule has 1 aromatic carbocycles. The van der Waals surface area contributed by atoms with Crippen molar-refractivity contribution in [1.29, 1.82) is 0 Å². The number of carbonyl (C=O) groups excluding carboxylic acids is 1. The van der Waals surface area contributed by atoms with E-state index in [1.54, 1.807) is 0 Å². The second-order valence-electron chi connectivity index (χ2n) is 7.24. The van der Waals surface area contributed by atoms with Gasteiger partial charge in [0, 0.05) is 19.1 Å². The highest BCUT2D eigenvalue weighted by Gasteiger charge is 2.27. The van der Waals surface area contributed by atoms with Gasteiger partial charge in [-0.1, -0.05) is 6.07 Å². The fraction of sp³-hybridized carbons (Fsp3) is 0.632. The van der Waals surface area contributed by atoms with Gasteiger partial charge in [-0.3, -0.25) is 14.6 Å². The van der Waals surface area contributed by atoms with Crippen LogP contribution in [0.15, 0.2) is 18.2 Å². The molecule has 0 radical (unpaired) electrons. The van der Waals surface area contributed by atoms with Crippen molar-refractivity contribution in [2.45, 2.75) is 38.3 Å². The molecule has 0 aromatic heterocycles. The van der Waals surface area contributed by atoms with Crippen molar-refractivity contribution < 1.29 is 14.3 Å². The third kappa shape index (κ3) is 4.07. The number of fused-ring (bicyclic) bond motifs is 1. The van der Waals surface area contributed by atoms with Gasteiger partial charge in [-0.05, 0) is 63.0 Å². The molecule has 25 heavy (non-hydrogen) atoms. The van der Waals surface area contributed by atoms with Gasteiger partial charge in [0.1, 0.15) is 0 Å². The summed E-state index contributed by atoms with van der Waals surface area (Å²) in [6, 6.07) is 6.44. The molecule has 1 unspecified atom stereocenters. The molecular weight excluding hydrogens is 318 g/mol. The second kappa shape index (κ2) is 7.62. The van der Waals surface area contributed by atoms with Gasteiger partial charge in [-0.15, -0.1) is 0 Å². The Morgan fingerprint density at radius 1 is 1.12 bits per heavy atom. The highest BCUT2D eigenvalue weighted by molar-refractivity contribution is 5.78. The summed E-state index contributed by atoms with van der Waals surface area (Å²) in [6.07, 6.45) is 5.12. The molecule has 0 bridgehead atoms. The number of amides is 1. The number of piperidine rings is 1. The number of rotatable bonds is 5. The molecule has 0 saturated carbocycles. The zero-order valence-electron chi connectivity index (χ0n) is 14.7. The summed E-state index contributed by atoms with van der Waals surface area (Å²) in [4.78, 5) is 17.2. The van der Waals surface area contributed by atoms with Crippen molar-refractivity contribution >= 4 is 5.91 Å². The number of ether oxygens (including phenoxy) is 2. The van der Waals surface area contributed by atoms with Crippen LogP contribution in [0.4, 0.5) is 0 Å². The standard InChI is InChI=1S/C19H27N3O3/c23-19(20-11-15-5-6-17-18(10-15)25-14-24-17)13-21-7-3-4-16(12-21)22-8-1-2-9-22/h5-6,10,16H,1-4,7-9,11-14H2,(H,20,23). The van der Waals surface area contributed by atoms with Crippen LogP contribution in [-0.2, 0) is 11.3 Å². The molecule has 2 saturated heterocycles. The zero-order chi connectivity index (χ0) is 17.1. The van der Waals surface area contributed by atoms with Gasteiger partial charge in [0.05, 0.1) is 6.54 Å². The topological polar surface area (TPSA) is 54.0 Å². The van der Waals surface area contributed by atoms with Gasteiger partial charge in [0.2, 0.25) is 12.7 Å². The largest absolute Gasteiger partial charge is 0.454 e. The Balaban J connectivity index is 1.24. The lowest BCUT2D eigenvalue weighted by molar-refractivity contribution is -0.122. The van der Waals surface area contributed by atoms with Crippen LogP contribution in [0.2, 0.25) is 0 Å². The first-order valence-electron chi connectivity index (χ1n) is 9.39. The van der Waals surface area contributed by atoms with E-state index in [0.717, 1.165) is 30.2 Å². The summed E-state index contributed by atoms with van der Waals surface area (Å²) in [5.74, 6) is 1.63. The van der Waals surface area contributed by atoms with Crippen molar-refractivity contribution in [2.75, 3.05) is 39.5 Å². The SMILES string of the molecule is O=C(CN1CCCC(N2CCCC2)C1)NCc1ccc2c(c1)OCO2. The summed E-state index contributed by atoms with van der Waals surface area (Å²) in [6.45, 7) is 5.81. The van der Waals surface area contributed by atoms with Gasteiger partial charge in [-0.2, -0.15) is 0 Å². The summed E-state index contributed by atoms with van der Waals surface area (Å²) in [7, 11) is 0. The lowest BCUT2D eigenvalue weighted by Crippen LogP contribution is -2.49. The fourth-order valence-electron chi connectivity index (χ4n) is 4.09. The smallest absolute Gasteiger partial charge is 0.234 e. The first kappa shape index (κ1) is 16.7. The van der Waals surface area contributed by atoms with Crippen LogP contribution < -0.4 is 14.8 Å². The maximum atomic E-state index is 12.3. The molecule has 0 aliphatic carbocycles. The number of carbonyl (C=O) groups is 1. The Kier molecular flexibility index (Phi) is 5.08. The summed E-state index contributed by atoms with van der Waals surface area (Å²) >= 11 is 0. The van der Waals surface area contributed by atoms with Gasteiger partial charge >= 0.3 is 0 Å². The number of hydrogen-bond donors (Lipinski definition) is 1. The molecular formula is C19H27N3O3. The van der Waals surface area contributed by atoms with Crippen molar-refractivity contribution in [3.8, 4) is 11.5 Å². The van der Waals surface area contributed by atoms with Crippen molar-refractivity contribution in [1.82, 2.24) is 15.1 Å². The molecule has 6 heteroatoms. The van der Waals surface area contributed by atoms with Crippen LogP contribution in [0.3, 0.4) is 0 Å².